The Morgan fingerprint density at radius 3 is 2.45 bits per heavy atom. The van der Waals surface area contributed by atoms with Gasteiger partial charge in [-0.2, -0.15) is 0 Å². The number of carboxylic acids is 1. The van der Waals surface area contributed by atoms with Crippen LogP contribution < -0.4 is 15.6 Å². The fourth-order valence-corrected chi connectivity index (χ4v) is 3.09. The molecular formula is C19H15Cl2N3O5. The second kappa shape index (κ2) is 8.95. The van der Waals surface area contributed by atoms with E-state index in [-0.39, 0.29) is 27.2 Å². The van der Waals surface area contributed by atoms with Crippen LogP contribution in [-0.2, 0) is 4.79 Å². The summed E-state index contributed by atoms with van der Waals surface area (Å²) in [5, 5.41) is 27.3. The Morgan fingerprint density at radius 1 is 1.17 bits per heavy atom. The molecule has 0 aliphatic rings. The molecule has 1 atom stereocenters. The number of hydrogen-bond acceptors (Lipinski definition) is 6. The topological polar surface area (TPSA) is 125 Å². The average Bonchev–Trinajstić information content (AvgIpc) is 2.66. The van der Waals surface area contributed by atoms with Crippen molar-refractivity contribution in [3.8, 4) is 22.8 Å². The molecule has 3 rings (SSSR count). The van der Waals surface area contributed by atoms with Gasteiger partial charge in [0, 0.05) is 11.8 Å². The molecule has 29 heavy (non-hydrogen) atoms. The summed E-state index contributed by atoms with van der Waals surface area (Å²) in [6.07, 6.45) is -1.82. The van der Waals surface area contributed by atoms with Crippen molar-refractivity contribution in [3.05, 3.63) is 68.9 Å². The molecule has 0 saturated heterocycles. The van der Waals surface area contributed by atoms with Gasteiger partial charge >= 0.3 is 5.97 Å². The lowest BCUT2D eigenvalue weighted by Gasteiger charge is -2.15. The molecule has 0 fully saturated rings. The molecular weight excluding hydrogens is 421 g/mol. The lowest BCUT2D eigenvalue weighted by Crippen LogP contribution is -2.22. The first kappa shape index (κ1) is 20.7. The lowest BCUT2D eigenvalue weighted by molar-refractivity contribution is -0.138. The molecule has 1 unspecified atom stereocenters. The van der Waals surface area contributed by atoms with E-state index >= 15 is 0 Å². The Morgan fingerprint density at radius 2 is 1.83 bits per heavy atom. The van der Waals surface area contributed by atoms with Crippen LogP contribution in [0.5, 0.6) is 11.6 Å². The van der Waals surface area contributed by atoms with Gasteiger partial charge in [0.15, 0.2) is 5.75 Å². The van der Waals surface area contributed by atoms with Gasteiger partial charge in [-0.25, -0.2) is 5.10 Å². The second-order valence-electron chi connectivity index (χ2n) is 5.94. The highest BCUT2D eigenvalue weighted by Gasteiger charge is 2.16. The first-order chi connectivity index (χ1) is 13.8. The van der Waals surface area contributed by atoms with E-state index in [9.17, 15) is 14.7 Å². The third kappa shape index (κ3) is 5.26. The van der Waals surface area contributed by atoms with E-state index < -0.39 is 18.6 Å². The van der Waals surface area contributed by atoms with Gasteiger partial charge in [-0.1, -0.05) is 53.5 Å². The first-order valence-electron chi connectivity index (χ1n) is 8.32. The van der Waals surface area contributed by atoms with E-state index in [1.807, 2.05) is 6.07 Å². The number of aliphatic carboxylic acids is 1. The summed E-state index contributed by atoms with van der Waals surface area (Å²) in [4.78, 5) is 22.7. The van der Waals surface area contributed by atoms with E-state index in [0.29, 0.717) is 16.8 Å². The number of benzene rings is 2. The molecule has 150 valence electrons. The highest BCUT2D eigenvalue weighted by Crippen LogP contribution is 2.38. The zero-order valence-corrected chi connectivity index (χ0v) is 16.2. The molecule has 8 nitrogen and oxygen atoms in total. The van der Waals surface area contributed by atoms with Crippen molar-refractivity contribution in [1.29, 1.82) is 0 Å². The normalized spacial score (nSPS) is 11.7. The van der Waals surface area contributed by atoms with E-state index in [0.717, 1.165) is 0 Å². The number of anilines is 1. The number of nitrogens with one attached hydrogen (secondary N) is 2. The number of rotatable bonds is 7. The van der Waals surface area contributed by atoms with Crippen molar-refractivity contribution in [1.82, 2.24) is 10.2 Å². The molecule has 0 saturated carbocycles. The maximum Gasteiger partial charge on any atom is 0.307 e. The number of hydrogen-bond donors (Lipinski definition) is 4. The summed E-state index contributed by atoms with van der Waals surface area (Å²) >= 11 is 12.4. The predicted molar refractivity (Wildman–Crippen MR) is 109 cm³/mol. The van der Waals surface area contributed by atoms with Crippen LogP contribution >= 0.6 is 23.2 Å². The summed E-state index contributed by atoms with van der Waals surface area (Å²) in [5.74, 6) is -1.01. The van der Waals surface area contributed by atoms with E-state index in [2.05, 4.69) is 15.5 Å². The van der Waals surface area contributed by atoms with Crippen LogP contribution in [0.3, 0.4) is 0 Å². The molecule has 1 aromatic heterocycles. The van der Waals surface area contributed by atoms with Crippen molar-refractivity contribution in [2.45, 2.75) is 12.6 Å². The van der Waals surface area contributed by atoms with Gasteiger partial charge in [-0.15, -0.1) is 5.10 Å². The number of aromatic amines is 1. The van der Waals surface area contributed by atoms with Crippen LogP contribution in [0.1, 0.15) is 6.42 Å². The fourth-order valence-electron chi connectivity index (χ4n) is 2.53. The molecule has 4 N–H and O–H groups in total. The quantitative estimate of drug-likeness (QED) is 0.416. The predicted octanol–water partition coefficient (Wildman–Crippen LogP) is 3.74. The van der Waals surface area contributed by atoms with Crippen molar-refractivity contribution in [3.63, 3.8) is 0 Å². The molecule has 0 amide bonds. The van der Waals surface area contributed by atoms with E-state index in [1.54, 1.807) is 24.3 Å². The Bertz CT molecular complexity index is 1070. The number of aliphatic hydroxyl groups is 1. The Balaban J connectivity index is 1.85. The maximum atomic E-state index is 12.1. The number of aromatic nitrogens is 2. The van der Waals surface area contributed by atoms with Crippen LogP contribution in [-0.4, -0.2) is 32.6 Å². The summed E-state index contributed by atoms with van der Waals surface area (Å²) in [6, 6.07) is 13.3. The fraction of sp³-hybridized carbons (Fsp3) is 0.105. The molecule has 0 aliphatic heterocycles. The number of carbonyl (C=O) groups is 1. The van der Waals surface area contributed by atoms with Crippen molar-refractivity contribution in [2.75, 3.05) is 5.32 Å². The van der Waals surface area contributed by atoms with Crippen molar-refractivity contribution < 1.29 is 19.7 Å². The van der Waals surface area contributed by atoms with Crippen LogP contribution in [0.2, 0.25) is 10.0 Å². The average molecular weight is 436 g/mol. The van der Waals surface area contributed by atoms with Crippen LogP contribution in [0.25, 0.3) is 11.1 Å². The monoisotopic (exact) mass is 435 g/mol. The molecule has 3 aromatic rings. The Kier molecular flexibility index (Phi) is 6.38. The van der Waals surface area contributed by atoms with Crippen molar-refractivity contribution >= 4 is 34.9 Å². The number of aliphatic hydroxyl groups excluding tert-OH is 1. The number of carboxylic acid groups (broad SMARTS) is 1. The van der Waals surface area contributed by atoms with Crippen molar-refractivity contribution in [2.24, 2.45) is 0 Å². The number of ether oxygens (including phenoxy) is 1. The molecule has 0 spiro atoms. The first-order valence-corrected chi connectivity index (χ1v) is 9.07. The van der Waals surface area contributed by atoms with Gasteiger partial charge in [0.05, 0.1) is 22.0 Å². The highest BCUT2D eigenvalue weighted by atomic mass is 35.5. The van der Waals surface area contributed by atoms with Gasteiger partial charge in [0.25, 0.3) is 5.56 Å². The molecule has 2 aromatic carbocycles. The number of nitrogens with zero attached hydrogens (tertiary/aromatic N) is 1. The Hall–Kier alpha value is -3.07. The SMILES string of the molecule is O=C(O)CC(O)Nc1cc(Cl)c(Oc2cc(-c3ccccc3)c(=O)[nH]n2)c(Cl)c1. The summed E-state index contributed by atoms with van der Waals surface area (Å²) in [7, 11) is 0. The van der Waals surface area contributed by atoms with Gasteiger partial charge in [0.1, 0.15) is 6.23 Å². The summed E-state index contributed by atoms with van der Waals surface area (Å²) in [5.41, 5.74) is 0.969. The minimum Gasteiger partial charge on any atom is -0.481 e. The van der Waals surface area contributed by atoms with Gasteiger partial charge in [-0.05, 0) is 17.7 Å². The highest BCUT2D eigenvalue weighted by molar-refractivity contribution is 6.37. The third-order valence-electron chi connectivity index (χ3n) is 3.77. The second-order valence-corrected chi connectivity index (χ2v) is 6.76. The minimum absolute atomic E-state index is 0.0684. The van der Waals surface area contributed by atoms with Crippen LogP contribution in [0.15, 0.2) is 53.3 Å². The molecule has 10 heteroatoms. The van der Waals surface area contributed by atoms with Gasteiger partial charge in [-0.3, -0.25) is 9.59 Å². The van der Waals surface area contributed by atoms with E-state index in [1.165, 1.54) is 18.2 Å². The zero-order valence-electron chi connectivity index (χ0n) is 14.7. The minimum atomic E-state index is -1.32. The number of H-pyrrole nitrogens is 1. The lowest BCUT2D eigenvalue weighted by atomic mass is 10.1. The van der Waals surface area contributed by atoms with Crippen LogP contribution in [0, 0.1) is 0 Å². The molecule has 1 heterocycles. The largest absolute Gasteiger partial charge is 0.481 e. The van der Waals surface area contributed by atoms with Crippen LogP contribution in [0.4, 0.5) is 5.69 Å². The molecule has 0 bridgehead atoms. The standard InChI is InChI=1S/C19H15Cl2N3O5/c20-13-6-11(22-15(25)9-17(26)27)7-14(21)18(13)29-16-8-12(19(28)24-23-16)10-4-2-1-3-5-10/h1-8,15,22,25H,9H2,(H,24,28)(H,26,27). The number of halogens is 2. The van der Waals surface area contributed by atoms with Gasteiger partial charge < -0.3 is 20.3 Å². The zero-order chi connectivity index (χ0) is 21.0. The summed E-state index contributed by atoms with van der Waals surface area (Å²) in [6.45, 7) is 0. The molecule has 0 aliphatic carbocycles. The third-order valence-corrected chi connectivity index (χ3v) is 4.33. The Labute approximate surface area is 174 Å². The smallest absolute Gasteiger partial charge is 0.307 e. The summed E-state index contributed by atoms with van der Waals surface area (Å²) < 4.78 is 5.65. The molecule has 0 radical (unpaired) electrons. The van der Waals surface area contributed by atoms with Gasteiger partial charge in [0.2, 0.25) is 5.88 Å². The maximum absolute atomic E-state index is 12.1. The van der Waals surface area contributed by atoms with E-state index in [4.69, 9.17) is 33.0 Å².